The Hall–Kier alpha value is -4.46. The second-order valence-electron chi connectivity index (χ2n) is 9.86. The number of nitrogens with one attached hydrogen (secondary N) is 4. The number of aromatic nitrogens is 2. The van der Waals surface area contributed by atoms with Crippen LogP contribution in [0.15, 0.2) is 47.8 Å². The summed E-state index contributed by atoms with van der Waals surface area (Å²) in [5, 5.41) is 17.7. The Morgan fingerprint density at radius 1 is 1.00 bits per heavy atom. The number of hydrogen-bond donors (Lipinski definition) is 8. The number of aliphatic carboxylic acids is 1. The lowest BCUT2D eigenvalue weighted by molar-refractivity contribution is -0.142. The summed E-state index contributed by atoms with van der Waals surface area (Å²) >= 11 is 0. The highest BCUT2D eigenvalue weighted by Crippen LogP contribution is 2.11. The fourth-order valence-corrected chi connectivity index (χ4v) is 4.04. The number of hydrogen-bond acceptors (Lipinski definition) is 7. The molecule has 1 heterocycles. The number of imidazole rings is 1. The highest BCUT2D eigenvalue weighted by molar-refractivity contribution is 5.94. The second kappa shape index (κ2) is 16.6. The van der Waals surface area contributed by atoms with E-state index in [1.165, 1.54) is 6.33 Å². The van der Waals surface area contributed by atoms with Crippen molar-refractivity contribution in [1.29, 1.82) is 0 Å². The van der Waals surface area contributed by atoms with E-state index < -0.39 is 47.9 Å². The second-order valence-corrected chi connectivity index (χ2v) is 9.86. The number of benzene rings is 1. The average Bonchev–Trinajstić information content (AvgIpc) is 3.45. The summed E-state index contributed by atoms with van der Waals surface area (Å²) in [4.78, 5) is 62.2. The molecule has 1 aromatic carbocycles. The third-order valence-electron chi connectivity index (χ3n) is 6.60. The minimum atomic E-state index is -1.20. The normalized spacial score (nSPS) is 14.5. The van der Waals surface area contributed by atoms with Crippen LogP contribution in [0.1, 0.15) is 44.4 Å². The van der Waals surface area contributed by atoms with Crippen molar-refractivity contribution < 1.29 is 24.3 Å². The van der Waals surface area contributed by atoms with Gasteiger partial charge in [-0.25, -0.2) is 9.78 Å². The molecular formula is C27H41N9O5. The predicted octanol–water partition coefficient (Wildman–Crippen LogP) is -0.839. The highest BCUT2D eigenvalue weighted by atomic mass is 16.4. The number of carboxylic acids is 1. The van der Waals surface area contributed by atoms with Crippen molar-refractivity contribution in [2.75, 3.05) is 6.54 Å². The predicted molar refractivity (Wildman–Crippen MR) is 153 cm³/mol. The van der Waals surface area contributed by atoms with Crippen LogP contribution in [0.2, 0.25) is 0 Å². The Labute approximate surface area is 238 Å². The first-order valence-electron chi connectivity index (χ1n) is 13.5. The van der Waals surface area contributed by atoms with Crippen molar-refractivity contribution in [1.82, 2.24) is 25.9 Å². The molecule has 0 saturated carbocycles. The Morgan fingerprint density at radius 3 is 2.27 bits per heavy atom. The molecule has 0 bridgehead atoms. The van der Waals surface area contributed by atoms with E-state index in [9.17, 15) is 24.3 Å². The van der Waals surface area contributed by atoms with Gasteiger partial charge in [-0.3, -0.25) is 19.4 Å². The zero-order valence-corrected chi connectivity index (χ0v) is 23.4. The van der Waals surface area contributed by atoms with Crippen LogP contribution >= 0.6 is 0 Å². The first-order chi connectivity index (χ1) is 19.5. The molecule has 3 amide bonds. The zero-order valence-electron chi connectivity index (χ0n) is 23.4. The molecule has 0 aliphatic carbocycles. The highest BCUT2D eigenvalue weighted by Gasteiger charge is 2.32. The van der Waals surface area contributed by atoms with Crippen molar-refractivity contribution in [3.8, 4) is 0 Å². The van der Waals surface area contributed by atoms with Gasteiger partial charge >= 0.3 is 5.97 Å². The van der Waals surface area contributed by atoms with E-state index in [0.717, 1.165) is 5.56 Å². The molecule has 0 spiro atoms. The molecule has 0 aliphatic heterocycles. The monoisotopic (exact) mass is 571 g/mol. The van der Waals surface area contributed by atoms with Crippen molar-refractivity contribution in [3.63, 3.8) is 0 Å². The molecule has 14 nitrogen and oxygen atoms in total. The molecular weight excluding hydrogens is 530 g/mol. The lowest BCUT2D eigenvalue weighted by Gasteiger charge is -2.28. The number of carbonyl (C=O) groups excluding carboxylic acids is 3. The van der Waals surface area contributed by atoms with Crippen LogP contribution in [-0.2, 0) is 32.0 Å². The number of carboxylic acid groups (broad SMARTS) is 1. The van der Waals surface area contributed by atoms with Crippen LogP contribution in [0, 0.1) is 5.92 Å². The maximum atomic E-state index is 13.4. The molecule has 2 rings (SSSR count). The fourth-order valence-electron chi connectivity index (χ4n) is 4.04. The molecule has 11 N–H and O–H groups in total. The van der Waals surface area contributed by atoms with Crippen LogP contribution < -0.4 is 33.2 Å². The minimum absolute atomic E-state index is 0.0702. The molecule has 0 fully saturated rings. The van der Waals surface area contributed by atoms with Gasteiger partial charge in [-0.2, -0.15) is 0 Å². The molecule has 0 aliphatic rings. The molecule has 14 heteroatoms. The van der Waals surface area contributed by atoms with Gasteiger partial charge in [-0.15, -0.1) is 0 Å². The van der Waals surface area contributed by atoms with E-state index in [2.05, 4.69) is 30.9 Å². The van der Waals surface area contributed by atoms with Gasteiger partial charge in [0, 0.05) is 31.3 Å². The number of guanidine groups is 1. The van der Waals surface area contributed by atoms with Crippen molar-refractivity contribution in [3.05, 3.63) is 54.1 Å². The Bertz CT molecular complexity index is 1150. The number of rotatable bonds is 17. The minimum Gasteiger partial charge on any atom is -0.480 e. The summed E-state index contributed by atoms with van der Waals surface area (Å²) in [6.45, 7) is 3.83. The number of carbonyl (C=O) groups is 4. The molecule has 41 heavy (non-hydrogen) atoms. The lowest BCUT2D eigenvalue weighted by atomic mass is 9.96. The molecule has 0 saturated heterocycles. The van der Waals surface area contributed by atoms with Gasteiger partial charge < -0.3 is 43.2 Å². The topological polar surface area (TPSA) is 244 Å². The molecule has 1 aromatic heterocycles. The number of aromatic amines is 1. The van der Waals surface area contributed by atoms with Crippen LogP contribution in [-0.4, -0.2) is 75.4 Å². The third-order valence-corrected chi connectivity index (χ3v) is 6.60. The van der Waals surface area contributed by atoms with Gasteiger partial charge in [0.05, 0.1) is 12.4 Å². The molecule has 5 unspecified atom stereocenters. The summed E-state index contributed by atoms with van der Waals surface area (Å²) in [5.74, 6) is -3.48. The summed E-state index contributed by atoms with van der Waals surface area (Å²) in [5.41, 5.74) is 18.2. The van der Waals surface area contributed by atoms with E-state index in [0.29, 0.717) is 18.5 Å². The van der Waals surface area contributed by atoms with E-state index in [4.69, 9.17) is 17.2 Å². The van der Waals surface area contributed by atoms with Gasteiger partial charge in [-0.1, -0.05) is 50.6 Å². The van der Waals surface area contributed by atoms with Gasteiger partial charge in [-0.05, 0) is 24.3 Å². The number of aliphatic imine (C=N–C) groups is 1. The maximum Gasteiger partial charge on any atom is 0.326 e. The smallest absolute Gasteiger partial charge is 0.326 e. The molecule has 0 radical (unpaired) electrons. The van der Waals surface area contributed by atoms with Crippen LogP contribution in [0.5, 0.6) is 0 Å². The van der Waals surface area contributed by atoms with Crippen molar-refractivity contribution in [2.45, 2.75) is 70.1 Å². The Kier molecular flexibility index (Phi) is 13.3. The van der Waals surface area contributed by atoms with Crippen LogP contribution in [0.3, 0.4) is 0 Å². The SMILES string of the molecule is CCC(C)C(NC(=O)C(CCCN=C(N)N)NC(=O)C(N)Cc1cnc[nH]1)C(=O)NC(Cc1ccccc1)C(=O)O. The van der Waals surface area contributed by atoms with E-state index in [1.54, 1.807) is 37.4 Å². The molecule has 2 aromatic rings. The Balaban J connectivity index is 2.16. The average molecular weight is 572 g/mol. The van der Waals surface area contributed by atoms with Gasteiger partial charge in [0.15, 0.2) is 5.96 Å². The number of H-pyrrole nitrogens is 1. The molecule has 5 atom stereocenters. The van der Waals surface area contributed by atoms with Crippen LogP contribution in [0.4, 0.5) is 0 Å². The number of nitrogens with two attached hydrogens (primary N) is 3. The molecule has 224 valence electrons. The van der Waals surface area contributed by atoms with Gasteiger partial charge in [0.25, 0.3) is 0 Å². The number of amides is 3. The van der Waals surface area contributed by atoms with E-state index >= 15 is 0 Å². The van der Waals surface area contributed by atoms with Gasteiger partial charge in [0.2, 0.25) is 17.7 Å². The first kappa shape index (κ1) is 32.8. The fraction of sp³-hybridized carbons (Fsp3) is 0.481. The van der Waals surface area contributed by atoms with Gasteiger partial charge in [0.1, 0.15) is 18.1 Å². The quantitative estimate of drug-likeness (QED) is 0.0669. The first-order valence-corrected chi connectivity index (χ1v) is 13.5. The largest absolute Gasteiger partial charge is 0.480 e. The Morgan fingerprint density at radius 2 is 1.68 bits per heavy atom. The summed E-state index contributed by atoms with van der Waals surface area (Å²) < 4.78 is 0. The van der Waals surface area contributed by atoms with E-state index in [-0.39, 0.29) is 37.7 Å². The maximum absolute atomic E-state index is 13.4. The summed E-state index contributed by atoms with van der Waals surface area (Å²) in [6.07, 6.45) is 4.28. The van der Waals surface area contributed by atoms with Crippen LogP contribution in [0.25, 0.3) is 0 Å². The standard InChI is InChI=1S/C27H41N9O5/c1-3-16(2)22(25(39)35-21(26(40)41)12-17-8-5-4-6-9-17)36-24(38)20(10-7-11-32-27(29)30)34-23(37)19(28)13-18-14-31-15-33-18/h4-6,8-9,14-16,19-22H,3,7,10-13,28H2,1-2H3,(H,31,33)(H,34,37)(H,35,39)(H,36,38)(H,40,41)(H4,29,30,32). The summed E-state index contributed by atoms with van der Waals surface area (Å²) in [7, 11) is 0. The summed E-state index contributed by atoms with van der Waals surface area (Å²) in [6, 6.07) is 4.62. The van der Waals surface area contributed by atoms with E-state index in [1.807, 2.05) is 13.0 Å². The zero-order chi connectivity index (χ0) is 30.4. The third kappa shape index (κ3) is 11.3. The van der Waals surface area contributed by atoms with Crippen molar-refractivity contribution >= 4 is 29.7 Å². The number of nitrogens with zero attached hydrogens (tertiary/aromatic N) is 2. The lowest BCUT2D eigenvalue weighted by Crippen LogP contribution is -2.59. The van der Waals surface area contributed by atoms with Crippen molar-refractivity contribution in [2.24, 2.45) is 28.1 Å².